The molecule has 0 saturated carbocycles. The van der Waals surface area contributed by atoms with Crippen molar-refractivity contribution in [2.24, 2.45) is 21.7 Å². The van der Waals surface area contributed by atoms with Gasteiger partial charge in [0.25, 0.3) is 0 Å². The zero-order chi connectivity index (χ0) is 26.4. The van der Waals surface area contributed by atoms with Crippen LogP contribution in [0.3, 0.4) is 0 Å². The first-order chi connectivity index (χ1) is 14.3. The van der Waals surface area contributed by atoms with E-state index in [9.17, 15) is 17.3 Å². The molecule has 0 aromatic carbocycles. The summed E-state index contributed by atoms with van der Waals surface area (Å²) in [6.45, 7) is 26.3. The molecular formula is C25H40BF4NO. The summed E-state index contributed by atoms with van der Waals surface area (Å²) >= 11 is 0. The summed E-state index contributed by atoms with van der Waals surface area (Å²) in [7, 11) is -6.00. The minimum absolute atomic E-state index is 0.0919. The van der Waals surface area contributed by atoms with Crippen LogP contribution in [-0.2, 0) is 4.74 Å². The Morgan fingerprint density at radius 3 is 1.38 bits per heavy atom. The molecule has 2 heterocycles. The van der Waals surface area contributed by atoms with E-state index in [1.54, 1.807) is 0 Å². The number of hydrogen-bond donors (Lipinski definition) is 1. The van der Waals surface area contributed by atoms with E-state index in [4.69, 9.17) is 6.11 Å². The fourth-order valence-electron chi connectivity index (χ4n) is 3.17. The van der Waals surface area contributed by atoms with Gasteiger partial charge in [0, 0.05) is 21.8 Å². The Hall–Kier alpha value is -1.79. The van der Waals surface area contributed by atoms with Crippen LogP contribution >= 0.6 is 0 Å². The maximum atomic E-state index is 9.75. The molecule has 0 saturated heterocycles. The molecule has 1 N–H and O–H groups in total. The minimum Gasteiger partial charge on any atom is -0.465 e. The van der Waals surface area contributed by atoms with Gasteiger partial charge in [-0.05, 0) is 23.1 Å². The van der Waals surface area contributed by atoms with Gasteiger partial charge in [0.1, 0.15) is 12.9 Å². The minimum atomic E-state index is -6.00. The van der Waals surface area contributed by atoms with Crippen LogP contribution in [0.2, 0.25) is 0 Å². The lowest BCUT2D eigenvalue weighted by Crippen LogP contribution is -2.67. The van der Waals surface area contributed by atoms with E-state index < -0.39 is 7.25 Å². The average molecular weight is 458 g/mol. The molecule has 7 heteroatoms. The molecule has 2 rings (SSSR count). The zero-order valence-corrected chi connectivity index (χ0v) is 21.7. The van der Waals surface area contributed by atoms with Gasteiger partial charge >= 0.3 is 7.25 Å². The van der Waals surface area contributed by atoms with Crippen molar-refractivity contribution in [1.82, 2.24) is 0 Å². The molecular weight excluding hydrogens is 417 g/mol. The lowest BCUT2D eigenvalue weighted by atomic mass is 9.74. The number of nitrogens with one attached hydrogen (secondary N) is 1. The Bertz CT molecular complexity index is 888. The Balaban J connectivity index is 0.000000981. The normalized spacial score (nSPS) is 19.0. The molecule has 0 amide bonds. The summed E-state index contributed by atoms with van der Waals surface area (Å²) in [5.74, 6) is 1.95. The number of hydrogen-bond acceptors (Lipinski definition) is 1. The molecule has 0 unspecified atom stereocenters. The maximum Gasteiger partial charge on any atom is 0.673 e. The predicted molar refractivity (Wildman–Crippen MR) is 126 cm³/mol. The third-order valence-electron chi connectivity index (χ3n) is 4.87. The van der Waals surface area contributed by atoms with Crippen molar-refractivity contribution in [3.63, 3.8) is 0 Å². The highest BCUT2D eigenvalue weighted by Gasteiger charge is 2.41. The van der Waals surface area contributed by atoms with Crippen molar-refractivity contribution in [2.45, 2.75) is 83.1 Å². The van der Waals surface area contributed by atoms with Crippen LogP contribution < -0.4 is 4.99 Å². The van der Waals surface area contributed by atoms with Crippen molar-refractivity contribution in [2.75, 3.05) is 0 Å². The molecule has 0 radical (unpaired) electrons. The van der Waals surface area contributed by atoms with E-state index in [0.717, 1.165) is 33.9 Å². The zero-order valence-electron chi connectivity index (χ0n) is 22.7. The Morgan fingerprint density at radius 1 is 0.719 bits per heavy atom. The molecule has 0 spiro atoms. The summed E-state index contributed by atoms with van der Waals surface area (Å²) in [6, 6.07) is 0. The number of halogens is 4. The maximum absolute atomic E-state index is 9.75. The van der Waals surface area contributed by atoms with Crippen molar-refractivity contribution in [3.05, 3.63) is 46.6 Å². The summed E-state index contributed by atoms with van der Waals surface area (Å²) in [5.41, 5.74) is 4.08. The topological polar surface area (TPSA) is 23.2 Å². The average Bonchev–Trinajstić information content (AvgIpc) is 2.89. The van der Waals surface area contributed by atoms with Gasteiger partial charge in [0.15, 0.2) is 11.9 Å². The van der Waals surface area contributed by atoms with Crippen LogP contribution in [0.1, 0.15) is 84.5 Å². The molecule has 182 valence electrons. The van der Waals surface area contributed by atoms with Crippen molar-refractivity contribution in [1.29, 1.82) is 0 Å². The smallest absolute Gasteiger partial charge is 0.465 e. The third kappa shape index (κ3) is 7.97. The first kappa shape index (κ1) is 26.5. The van der Waals surface area contributed by atoms with Gasteiger partial charge in [-0.15, -0.1) is 0 Å². The van der Waals surface area contributed by atoms with Gasteiger partial charge in [-0.3, -0.25) is 0 Å². The summed E-state index contributed by atoms with van der Waals surface area (Å²) in [6.07, 6.45) is 4.88. The molecule has 0 bridgehead atoms. The van der Waals surface area contributed by atoms with Crippen molar-refractivity contribution >= 4 is 13.0 Å². The lowest BCUT2D eigenvalue weighted by Gasteiger charge is -2.33. The number of allylic oxidation sites excluding steroid dienone is 7. The highest BCUT2D eigenvalue weighted by Crippen LogP contribution is 2.43. The first-order valence-electron chi connectivity index (χ1n) is 11.4. The fraction of sp³-hybridized carbons (Fsp3) is 0.640. The van der Waals surface area contributed by atoms with Crippen LogP contribution in [0.5, 0.6) is 0 Å². The largest absolute Gasteiger partial charge is 0.673 e. The van der Waals surface area contributed by atoms with Gasteiger partial charge < -0.3 is 22.0 Å². The van der Waals surface area contributed by atoms with Gasteiger partial charge in [0.2, 0.25) is 0 Å². The van der Waals surface area contributed by atoms with Gasteiger partial charge in [-0.2, -0.15) is 0 Å². The van der Waals surface area contributed by atoms with Crippen LogP contribution in [0.4, 0.5) is 17.3 Å². The fourth-order valence-corrected chi connectivity index (χ4v) is 3.17. The lowest BCUT2D eigenvalue weighted by molar-refractivity contribution is -0.374. The molecule has 32 heavy (non-hydrogen) atoms. The van der Waals surface area contributed by atoms with Gasteiger partial charge in [-0.25, -0.2) is 4.99 Å². The van der Waals surface area contributed by atoms with Crippen molar-refractivity contribution < 1.29 is 28.4 Å². The Labute approximate surface area is 193 Å². The molecule has 2 nitrogen and oxygen atoms in total. The summed E-state index contributed by atoms with van der Waals surface area (Å²) in [4.78, 5) is 3.41. The molecule has 0 aromatic rings. The van der Waals surface area contributed by atoms with Crippen LogP contribution in [0.15, 0.2) is 46.6 Å². The van der Waals surface area contributed by atoms with E-state index in [-0.39, 0.29) is 21.7 Å². The standard InChI is InChI=1S/C25H39NO.BF4/c1-22(2,3)17-15-26-21(25(10,11)12)20(17)16-13-18(23(4,5)6)27-19(14-16)24(7,8)9;2-1(3,4)5/h13-15H,1-12H3;/q;-1/p+1/i15D;. The molecule has 0 aromatic heterocycles. The highest BCUT2D eigenvalue weighted by molar-refractivity contribution is 6.50. The van der Waals surface area contributed by atoms with Crippen LogP contribution in [-0.4, -0.2) is 13.0 Å². The monoisotopic (exact) mass is 458 g/mol. The van der Waals surface area contributed by atoms with E-state index in [2.05, 4.69) is 100 Å². The van der Waals surface area contributed by atoms with E-state index in [1.807, 2.05) is 0 Å². The number of ether oxygens (including phenoxy) is 1. The Kier molecular flexibility index (Phi) is 7.33. The van der Waals surface area contributed by atoms with E-state index >= 15 is 0 Å². The van der Waals surface area contributed by atoms with Gasteiger partial charge in [0.05, 0.1) is 5.57 Å². The molecule has 2 aliphatic heterocycles. The molecule has 2 aliphatic rings. The van der Waals surface area contributed by atoms with E-state index in [0.29, 0.717) is 6.18 Å². The summed E-state index contributed by atoms with van der Waals surface area (Å²) < 4.78 is 54.1. The Morgan fingerprint density at radius 2 is 1.09 bits per heavy atom. The molecule has 0 fully saturated rings. The second-order valence-corrected chi connectivity index (χ2v) is 12.4. The second kappa shape index (κ2) is 8.87. The first-order valence-corrected chi connectivity index (χ1v) is 10.9. The van der Waals surface area contributed by atoms with E-state index in [1.165, 1.54) is 0 Å². The number of rotatable bonds is 0. The summed E-state index contributed by atoms with van der Waals surface area (Å²) in [5, 5.41) is 0. The molecule has 0 atom stereocenters. The quantitative estimate of drug-likeness (QED) is 0.307. The van der Waals surface area contributed by atoms with Gasteiger partial charge in [-0.1, -0.05) is 83.1 Å². The predicted octanol–water partition coefficient (Wildman–Crippen LogP) is 6.98. The molecule has 0 aliphatic carbocycles. The van der Waals surface area contributed by atoms with Crippen LogP contribution in [0.25, 0.3) is 0 Å². The van der Waals surface area contributed by atoms with Crippen LogP contribution in [0, 0.1) is 21.7 Å². The van der Waals surface area contributed by atoms with Crippen molar-refractivity contribution in [3.8, 4) is 0 Å². The SMILES string of the molecule is F[B-](F)(F)F.[2H]C1=C(C(C)(C)C)C(=C2C=C(C(C)(C)C)OC(C(C)(C)C)=C2)C(C(C)(C)C)=[NH+]1. The third-order valence-corrected chi connectivity index (χ3v) is 4.87. The highest BCUT2D eigenvalue weighted by atomic mass is 19.5. The second-order valence-electron chi connectivity index (χ2n) is 12.4.